The Hall–Kier alpha value is -5.03. The summed E-state index contributed by atoms with van der Waals surface area (Å²) in [5.41, 5.74) is 1.94. The van der Waals surface area contributed by atoms with Crippen LogP contribution >= 0.6 is 11.6 Å². The van der Waals surface area contributed by atoms with E-state index in [0.717, 1.165) is 18.4 Å². The van der Waals surface area contributed by atoms with Gasteiger partial charge in [0, 0.05) is 31.4 Å². The Morgan fingerprint density at radius 1 is 0.957 bits per heavy atom. The van der Waals surface area contributed by atoms with Gasteiger partial charge in [0.1, 0.15) is 11.4 Å². The summed E-state index contributed by atoms with van der Waals surface area (Å²) in [7, 11) is 2.85. The molecule has 0 aliphatic carbocycles. The maximum Gasteiger partial charge on any atom is 0.337 e. The predicted octanol–water partition coefficient (Wildman–Crippen LogP) is 5.88. The van der Waals surface area contributed by atoms with Gasteiger partial charge in [-0.1, -0.05) is 23.7 Å². The molecule has 1 aliphatic heterocycles. The zero-order valence-electron chi connectivity index (χ0n) is 26.5. The van der Waals surface area contributed by atoms with Gasteiger partial charge < -0.3 is 20.3 Å². The number of hydrogen-bond acceptors (Lipinski definition) is 6. The summed E-state index contributed by atoms with van der Waals surface area (Å²) in [6.45, 7) is 4.34. The van der Waals surface area contributed by atoms with Gasteiger partial charge in [-0.15, -0.1) is 0 Å². The Balaban J connectivity index is 1.34. The molecule has 12 heteroatoms. The standard InChI is InChI=1S/C35H35ClFN5O5/c1-35(2,34(46)38-3)42-30(23-9-11-25(37)12-10-23)28(20-39-42)31(43)40-26-13-14-29(36)27(19-26)32(44)41-17-15-22(16-18-41)21-5-7-24(8-6-21)33(45)47-4/h5-14,19-20,22H,15-18H2,1-4H3,(H,38,46)(H,40,43). The third-order valence-corrected chi connectivity index (χ3v) is 8.81. The lowest BCUT2D eigenvalue weighted by molar-refractivity contribution is -0.128. The zero-order valence-corrected chi connectivity index (χ0v) is 27.2. The van der Waals surface area contributed by atoms with Crippen LogP contribution in [0.2, 0.25) is 5.02 Å². The molecule has 1 fully saturated rings. The largest absolute Gasteiger partial charge is 0.465 e. The summed E-state index contributed by atoms with van der Waals surface area (Å²) < 4.78 is 20.0. The number of carbonyl (C=O) groups is 4. The smallest absolute Gasteiger partial charge is 0.337 e. The Labute approximate surface area is 276 Å². The Morgan fingerprint density at radius 3 is 2.23 bits per heavy atom. The van der Waals surface area contributed by atoms with Crippen LogP contribution in [-0.2, 0) is 15.1 Å². The summed E-state index contributed by atoms with van der Waals surface area (Å²) in [6.07, 6.45) is 2.83. The fourth-order valence-electron chi connectivity index (χ4n) is 5.79. The highest BCUT2D eigenvalue weighted by Gasteiger charge is 2.34. The number of piperidine rings is 1. The minimum absolute atomic E-state index is 0.151. The summed E-state index contributed by atoms with van der Waals surface area (Å²) in [4.78, 5) is 53.5. The first kappa shape index (κ1) is 33.3. The van der Waals surface area contributed by atoms with Crippen molar-refractivity contribution in [1.29, 1.82) is 0 Å². The first-order chi connectivity index (χ1) is 22.4. The second kappa shape index (κ2) is 13.8. The molecular formula is C35H35ClFN5O5. The third-order valence-electron chi connectivity index (χ3n) is 8.48. The maximum absolute atomic E-state index is 13.8. The normalized spacial score (nSPS) is 13.6. The van der Waals surface area contributed by atoms with Crippen molar-refractivity contribution < 1.29 is 28.3 Å². The summed E-state index contributed by atoms with van der Waals surface area (Å²) >= 11 is 6.48. The number of nitrogens with one attached hydrogen (secondary N) is 2. The number of likely N-dealkylation sites (N-methyl/N-ethyl adjacent to an activating group) is 1. The number of nitrogens with zero attached hydrogens (tertiary/aromatic N) is 3. The first-order valence-corrected chi connectivity index (χ1v) is 15.5. The summed E-state index contributed by atoms with van der Waals surface area (Å²) in [5, 5.41) is 10.1. The van der Waals surface area contributed by atoms with E-state index in [1.807, 2.05) is 12.1 Å². The molecule has 47 heavy (non-hydrogen) atoms. The molecule has 0 saturated carbocycles. The molecule has 244 valence electrons. The molecule has 1 aliphatic rings. The Morgan fingerprint density at radius 2 is 1.62 bits per heavy atom. The fourth-order valence-corrected chi connectivity index (χ4v) is 5.99. The highest BCUT2D eigenvalue weighted by atomic mass is 35.5. The van der Waals surface area contributed by atoms with Crippen molar-refractivity contribution in [2.45, 2.75) is 38.1 Å². The van der Waals surface area contributed by atoms with Crippen molar-refractivity contribution in [3.8, 4) is 11.3 Å². The third kappa shape index (κ3) is 6.90. The number of methoxy groups -OCH3 is 1. The van der Waals surface area contributed by atoms with E-state index in [4.69, 9.17) is 16.3 Å². The molecule has 0 bridgehead atoms. The number of halogens is 2. The van der Waals surface area contributed by atoms with Crippen LogP contribution in [0.15, 0.2) is 72.9 Å². The highest BCUT2D eigenvalue weighted by Crippen LogP contribution is 2.32. The molecule has 0 unspecified atom stereocenters. The van der Waals surface area contributed by atoms with Crippen molar-refractivity contribution in [1.82, 2.24) is 20.0 Å². The van der Waals surface area contributed by atoms with Crippen LogP contribution in [0.3, 0.4) is 0 Å². The molecule has 3 amide bonds. The van der Waals surface area contributed by atoms with E-state index in [1.54, 1.807) is 43.0 Å². The highest BCUT2D eigenvalue weighted by molar-refractivity contribution is 6.34. The van der Waals surface area contributed by atoms with Crippen LogP contribution in [-0.4, -0.2) is 65.6 Å². The van der Waals surface area contributed by atoms with E-state index in [9.17, 15) is 23.6 Å². The number of ether oxygens (including phenoxy) is 1. The predicted molar refractivity (Wildman–Crippen MR) is 176 cm³/mol. The van der Waals surface area contributed by atoms with Gasteiger partial charge >= 0.3 is 5.97 Å². The molecule has 0 atom stereocenters. The van der Waals surface area contributed by atoms with Crippen molar-refractivity contribution in [2.75, 3.05) is 32.6 Å². The van der Waals surface area contributed by atoms with Gasteiger partial charge in [0.25, 0.3) is 11.8 Å². The maximum atomic E-state index is 13.8. The van der Waals surface area contributed by atoms with Gasteiger partial charge in [0.05, 0.1) is 40.7 Å². The van der Waals surface area contributed by atoms with E-state index in [2.05, 4.69) is 15.7 Å². The molecule has 1 aromatic heterocycles. The van der Waals surface area contributed by atoms with E-state index in [0.29, 0.717) is 35.6 Å². The van der Waals surface area contributed by atoms with Crippen molar-refractivity contribution in [2.24, 2.45) is 0 Å². The van der Waals surface area contributed by atoms with E-state index < -0.39 is 17.3 Å². The van der Waals surface area contributed by atoms with Crippen LogP contribution in [0.4, 0.5) is 10.1 Å². The van der Waals surface area contributed by atoms with Crippen LogP contribution in [0.5, 0.6) is 0 Å². The van der Waals surface area contributed by atoms with Gasteiger partial charge in [-0.2, -0.15) is 5.10 Å². The number of esters is 1. The quantitative estimate of drug-likeness (QED) is 0.228. The van der Waals surface area contributed by atoms with Gasteiger partial charge in [-0.05, 0) is 92.8 Å². The fraction of sp³-hybridized carbons (Fsp3) is 0.286. The van der Waals surface area contributed by atoms with E-state index in [1.165, 1.54) is 55.4 Å². The number of aromatic nitrogens is 2. The molecule has 2 N–H and O–H groups in total. The molecule has 4 aromatic rings. The SMILES string of the molecule is CNC(=O)C(C)(C)n1ncc(C(=O)Nc2ccc(Cl)c(C(=O)N3CCC(c4ccc(C(=O)OC)cc4)CC3)c2)c1-c1ccc(F)cc1. The zero-order chi connectivity index (χ0) is 33.9. The molecule has 5 rings (SSSR count). The first-order valence-electron chi connectivity index (χ1n) is 15.1. The van der Waals surface area contributed by atoms with Crippen LogP contribution in [0, 0.1) is 5.82 Å². The number of amides is 3. The lowest BCUT2D eigenvalue weighted by Crippen LogP contribution is -2.44. The molecule has 10 nitrogen and oxygen atoms in total. The minimum atomic E-state index is -1.18. The second-order valence-corrected chi connectivity index (χ2v) is 12.2. The molecule has 3 aromatic carbocycles. The van der Waals surface area contributed by atoms with Crippen LogP contribution in [0.25, 0.3) is 11.3 Å². The number of carbonyl (C=O) groups excluding carboxylic acids is 4. The summed E-state index contributed by atoms with van der Waals surface area (Å²) in [6, 6.07) is 17.6. The number of anilines is 1. The molecule has 0 radical (unpaired) electrons. The number of likely N-dealkylation sites (tertiary alicyclic amines) is 1. The number of benzene rings is 3. The molecular weight excluding hydrogens is 625 g/mol. The number of rotatable bonds is 8. The van der Waals surface area contributed by atoms with Crippen LogP contribution in [0.1, 0.15) is 69.2 Å². The van der Waals surface area contributed by atoms with Gasteiger partial charge in [-0.3, -0.25) is 14.4 Å². The Bertz CT molecular complexity index is 1810. The van der Waals surface area contributed by atoms with Crippen molar-refractivity contribution >= 4 is 41.0 Å². The Kier molecular flexibility index (Phi) is 9.76. The topological polar surface area (TPSA) is 123 Å². The molecule has 0 spiro atoms. The van der Waals surface area contributed by atoms with Gasteiger partial charge in [-0.25, -0.2) is 13.9 Å². The monoisotopic (exact) mass is 659 g/mol. The minimum Gasteiger partial charge on any atom is -0.465 e. The van der Waals surface area contributed by atoms with Crippen LogP contribution < -0.4 is 10.6 Å². The lowest BCUT2D eigenvalue weighted by Gasteiger charge is -2.32. The average Bonchev–Trinajstić information content (AvgIpc) is 3.55. The van der Waals surface area contributed by atoms with Crippen molar-refractivity contribution in [3.05, 3.63) is 106 Å². The molecule has 2 heterocycles. The van der Waals surface area contributed by atoms with Gasteiger partial charge in [0.2, 0.25) is 5.91 Å². The van der Waals surface area contributed by atoms with E-state index >= 15 is 0 Å². The van der Waals surface area contributed by atoms with Gasteiger partial charge in [0.15, 0.2) is 0 Å². The number of hydrogen-bond donors (Lipinski definition) is 2. The lowest BCUT2D eigenvalue weighted by atomic mass is 9.88. The average molecular weight is 660 g/mol. The van der Waals surface area contributed by atoms with E-state index in [-0.39, 0.29) is 39.9 Å². The van der Waals surface area contributed by atoms with Crippen molar-refractivity contribution in [3.63, 3.8) is 0 Å². The second-order valence-electron chi connectivity index (χ2n) is 11.8. The summed E-state index contributed by atoms with van der Waals surface area (Å²) in [5.74, 6) is -1.73. The molecule has 1 saturated heterocycles.